The zero-order valence-corrected chi connectivity index (χ0v) is 11.8. The molecular weight excluding hydrogens is 307 g/mol. The van der Waals surface area contributed by atoms with Crippen LogP contribution in [0.1, 0.15) is 5.69 Å². The maximum Gasteiger partial charge on any atom is 0.267 e. The van der Waals surface area contributed by atoms with E-state index in [9.17, 15) is 12.8 Å². The summed E-state index contributed by atoms with van der Waals surface area (Å²) in [6.45, 7) is 1.62. The van der Waals surface area contributed by atoms with Crippen molar-refractivity contribution in [1.29, 1.82) is 0 Å². The average Bonchev–Trinajstić information content (AvgIpc) is 2.25. The molecule has 1 aromatic carbocycles. The fraction of sp³-hybridized carbons (Fsp3) is 0.0909. The van der Waals surface area contributed by atoms with Gasteiger partial charge in [0.25, 0.3) is 10.0 Å². The predicted octanol–water partition coefficient (Wildman–Crippen LogP) is 1.96. The van der Waals surface area contributed by atoms with Crippen molar-refractivity contribution in [2.24, 2.45) is 0 Å². The highest BCUT2D eigenvalue weighted by Crippen LogP contribution is 2.20. The molecule has 0 amide bonds. The van der Waals surface area contributed by atoms with Gasteiger partial charge in [-0.2, -0.15) is 0 Å². The van der Waals surface area contributed by atoms with Crippen LogP contribution in [0.5, 0.6) is 0 Å². The summed E-state index contributed by atoms with van der Waals surface area (Å²) in [5, 5.41) is 0.0768. The summed E-state index contributed by atoms with van der Waals surface area (Å²) in [5.74, 6) is -1.19. The van der Waals surface area contributed by atoms with Gasteiger partial charge >= 0.3 is 0 Å². The highest BCUT2D eigenvalue weighted by molar-refractivity contribution is 7.92. The van der Waals surface area contributed by atoms with Gasteiger partial charge in [-0.05, 0) is 31.2 Å². The molecule has 0 aliphatic rings. The van der Waals surface area contributed by atoms with Crippen LogP contribution in [0, 0.1) is 12.7 Å². The number of nitrogen functional groups attached to an aromatic ring is 1. The number of hydrogen-bond acceptors (Lipinski definition) is 5. The van der Waals surface area contributed by atoms with E-state index in [0.29, 0.717) is 5.69 Å². The average molecular weight is 317 g/mol. The summed E-state index contributed by atoms with van der Waals surface area (Å²) in [6, 6.07) is 4.72. The van der Waals surface area contributed by atoms with Gasteiger partial charge in [0.05, 0.1) is 0 Å². The molecule has 3 N–H and O–H groups in total. The zero-order valence-electron chi connectivity index (χ0n) is 10.3. The van der Waals surface area contributed by atoms with Gasteiger partial charge in [0, 0.05) is 11.4 Å². The number of nitrogens with one attached hydrogen (secondary N) is 1. The molecule has 0 spiro atoms. The zero-order chi connectivity index (χ0) is 14.9. The highest BCUT2D eigenvalue weighted by atomic mass is 35.5. The van der Waals surface area contributed by atoms with Crippen molar-refractivity contribution in [2.45, 2.75) is 11.8 Å². The number of benzene rings is 1. The minimum atomic E-state index is -4.16. The molecule has 0 bridgehead atoms. The largest absolute Gasteiger partial charge is 0.399 e. The second-order valence-electron chi connectivity index (χ2n) is 3.95. The fourth-order valence-electron chi connectivity index (χ4n) is 1.49. The molecule has 6 nitrogen and oxygen atoms in total. The van der Waals surface area contributed by atoms with E-state index in [-0.39, 0.29) is 16.8 Å². The normalized spacial score (nSPS) is 11.3. The van der Waals surface area contributed by atoms with Gasteiger partial charge in [0.1, 0.15) is 15.9 Å². The Bertz CT molecular complexity index is 747. The van der Waals surface area contributed by atoms with E-state index < -0.39 is 20.7 Å². The second-order valence-corrected chi connectivity index (χ2v) is 5.99. The Balaban J connectivity index is 2.40. The number of nitrogens with two attached hydrogens (primary N) is 1. The van der Waals surface area contributed by atoms with Crippen LogP contribution in [-0.2, 0) is 10.0 Å². The summed E-state index contributed by atoms with van der Waals surface area (Å²) < 4.78 is 39.8. The Morgan fingerprint density at radius 1 is 1.30 bits per heavy atom. The van der Waals surface area contributed by atoms with Crippen LogP contribution in [0.25, 0.3) is 0 Å². The van der Waals surface area contributed by atoms with E-state index in [4.69, 9.17) is 17.3 Å². The summed E-state index contributed by atoms with van der Waals surface area (Å²) in [6.07, 6.45) is 0. The minimum absolute atomic E-state index is 0.0768. The first-order valence-corrected chi connectivity index (χ1v) is 7.23. The molecule has 1 heterocycles. The van der Waals surface area contributed by atoms with Crippen molar-refractivity contribution in [3.05, 3.63) is 40.9 Å². The van der Waals surface area contributed by atoms with Crippen LogP contribution in [-0.4, -0.2) is 18.4 Å². The van der Waals surface area contributed by atoms with Crippen LogP contribution in [0.15, 0.2) is 29.2 Å². The van der Waals surface area contributed by atoms with Gasteiger partial charge in [-0.1, -0.05) is 11.6 Å². The van der Waals surface area contributed by atoms with E-state index in [2.05, 4.69) is 14.7 Å². The smallest absolute Gasteiger partial charge is 0.267 e. The molecule has 0 aliphatic carbocycles. The van der Waals surface area contributed by atoms with Crippen molar-refractivity contribution in [3.63, 3.8) is 0 Å². The van der Waals surface area contributed by atoms with Gasteiger partial charge in [0.2, 0.25) is 5.95 Å². The monoisotopic (exact) mass is 316 g/mol. The molecule has 0 aliphatic heterocycles. The van der Waals surface area contributed by atoms with Crippen molar-refractivity contribution < 1.29 is 12.8 Å². The summed E-state index contributed by atoms with van der Waals surface area (Å²) in [7, 11) is -4.16. The van der Waals surface area contributed by atoms with E-state index >= 15 is 0 Å². The molecule has 0 saturated carbocycles. The standard InChI is InChI=1S/C11H10ClFN4O2S/c1-6-4-10(12)16-11(15-6)17-20(18,19)9-3-2-7(14)5-8(9)13/h2-5H,14H2,1H3,(H,15,16,17). The molecule has 0 saturated heterocycles. The van der Waals surface area contributed by atoms with Crippen molar-refractivity contribution in [1.82, 2.24) is 9.97 Å². The van der Waals surface area contributed by atoms with Crippen LogP contribution in [0.2, 0.25) is 5.15 Å². The van der Waals surface area contributed by atoms with E-state index in [1.165, 1.54) is 12.1 Å². The van der Waals surface area contributed by atoms with Gasteiger partial charge in [-0.25, -0.2) is 27.5 Å². The molecule has 1 aromatic heterocycles. The van der Waals surface area contributed by atoms with Crippen molar-refractivity contribution in [3.8, 4) is 0 Å². The quantitative estimate of drug-likeness (QED) is 0.666. The highest BCUT2D eigenvalue weighted by Gasteiger charge is 2.20. The first-order chi connectivity index (χ1) is 9.28. The molecule has 20 heavy (non-hydrogen) atoms. The first-order valence-electron chi connectivity index (χ1n) is 5.37. The third kappa shape index (κ3) is 3.14. The Labute approximate surface area is 119 Å². The fourth-order valence-corrected chi connectivity index (χ4v) is 2.73. The minimum Gasteiger partial charge on any atom is -0.399 e. The van der Waals surface area contributed by atoms with Gasteiger partial charge in [-0.3, -0.25) is 0 Å². The number of halogens is 2. The molecule has 0 fully saturated rings. The molecule has 0 unspecified atom stereocenters. The Morgan fingerprint density at radius 3 is 2.60 bits per heavy atom. The molecule has 0 atom stereocenters. The number of sulfonamides is 1. The molecule has 106 valence electrons. The van der Waals surface area contributed by atoms with Crippen LogP contribution >= 0.6 is 11.6 Å². The number of hydrogen-bond donors (Lipinski definition) is 2. The van der Waals surface area contributed by atoms with E-state index in [0.717, 1.165) is 12.1 Å². The second kappa shape index (κ2) is 5.22. The van der Waals surface area contributed by atoms with E-state index in [1.807, 2.05) is 0 Å². The summed E-state index contributed by atoms with van der Waals surface area (Å²) >= 11 is 5.70. The van der Waals surface area contributed by atoms with Crippen molar-refractivity contribution >= 4 is 33.3 Å². The third-order valence-corrected chi connectivity index (χ3v) is 3.85. The molecule has 2 aromatic rings. The lowest BCUT2D eigenvalue weighted by Gasteiger charge is -2.08. The van der Waals surface area contributed by atoms with E-state index in [1.54, 1.807) is 6.92 Å². The number of rotatable bonds is 3. The molecule has 0 radical (unpaired) electrons. The van der Waals surface area contributed by atoms with Crippen LogP contribution in [0.3, 0.4) is 0 Å². The maximum absolute atomic E-state index is 13.6. The topological polar surface area (TPSA) is 98.0 Å². The number of anilines is 2. The summed E-state index contributed by atoms with van der Waals surface area (Å²) in [4.78, 5) is 7.02. The lowest BCUT2D eigenvalue weighted by Crippen LogP contribution is -2.17. The van der Waals surface area contributed by atoms with Gasteiger partial charge < -0.3 is 5.73 Å². The Hall–Kier alpha value is -1.93. The SMILES string of the molecule is Cc1cc(Cl)nc(NS(=O)(=O)c2ccc(N)cc2F)n1. The van der Waals surface area contributed by atoms with Crippen LogP contribution in [0.4, 0.5) is 16.0 Å². The maximum atomic E-state index is 13.6. The molecule has 9 heteroatoms. The van der Waals surface area contributed by atoms with Crippen LogP contribution < -0.4 is 10.5 Å². The summed E-state index contributed by atoms with van der Waals surface area (Å²) in [5.41, 5.74) is 5.96. The third-order valence-electron chi connectivity index (χ3n) is 2.29. The number of aryl methyl sites for hydroxylation is 1. The number of aromatic nitrogens is 2. The number of nitrogens with zero attached hydrogens (tertiary/aromatic N) is 2. The lowest BCUT2D eigenvalue weighted by atomic mass is 10.3. The molecule has 2 rings (SSSR count). The molecular formula is C11H10ClFN4O2S. The van der Waals surface area contributed by atoms with Gasteiger partial charge in [0.15, 0.2) is 0 Å². The first kappa shape index (κ1) is 14.5. The Morgan fingerprint density at radius 2 is 2.00 bits per heavy atom. The lowest BCUT2D eigenvalue weighted by molar-refractivity contribution is 0.570. The van der Waals surface area contributed by atoms with Crippen molar-refractivity contribution in [2.75, 3.05) is 10.5 Å². The van der Waals surface area contributed by atoms with Gasteiger partial charge in [-0.15, -0.1) is 0 Å². The Kier molecular flexibility index (Phi) is 3.78. The predicted molar refractivity (Wildman–Crippen MR) is 73.4 cm³/mol.